The third kappa shape index (κ3) is 2.00. The van der Waals surface area contributed by atoms with Crippen LogP contribution in [0.25, 0.3) is 10.9 Å². The van der Waals surface area contributed by atoms with Crippen LogP contribution in [0.2, 0.25) is 0 Å². The molecule has 1 aromatic carbocycles. The van der Waals surface area contributed by atoms with Crippen molar-refractivity contribution in [2.75, 3.05) is 7.05 Å². The number of fused-ring (bicyclic) bond motifs is 1. The van der Waals surface area contributed by atoms with E-state index in [-0.39, 0.29) is 11.9 Å². The Bertz CT molecular complexity index is 676. The fourth-order valence-corrected chi connectivity index (χ4v) is 2.69. The molecule has 0 radical (unpaired) electrons. The summed E-state index contributed by atoms with van der Waals surface area (Å²) in [5, 5.41) is 4.75. The summed E-state index contributed by atoms with van der Waals surface area (Å²) >= 11 is 5.09. The van der Waals surface area contributed by atoms with Gasteiger partial charge in [0.1, 0.15) is 6.04 Å². The van der Waals surface area contributed by atoms with Crippen molar-refractivity contribution < 1.29 is 4.79 Å². The number of likely N-dealkylation sites (N-methyl/N-ethyl adjacent to an activating group) is 1. The van der Waals surface area contributed by atoms with E-state index in [9.17, 15) is 4.79 Å². The number of benzene rings is 1. The smallest absolute Gasteiger partial charge is 0.251 e. The van der Waals surface area contributed by atoms with Crippen molar-refractivity contribution >= 4 is 34.1 Å². The van der Waals surface area contributed by atoms with Crippen molar-refractivity contribution in [2.45, 2.75) is 19.4 Å². The number of nitrogens with one attached hydrogen (secondary N) is 2. The highest BCUT2D eigenvalue weighted by Gasteiger charge is 2.32. The lowest BCUT2D eigenvalue weighted by Crippen LogP contribution is -2.31. The molecule has 2 aromatic rings. The summed E-state index contributed by atoms with van der Waals surface area (Å²) in [6.45, 7) is 2.07. The van der Waals surface area contributed by atoms with Gasteiger partial charge in [-0.1, -0.05) is 11.6 Å². The second-order valence-corrected chi connectivity index (χ2v) is 5.35. The predicted molar refractivity (Wildman–Crippen MR) is 79.0 cm³/mol. The van der Waals surface area contributed by atoms with E-state index < -0.39 is 0 Å². The molecule has 1 fully saturated rings. The number of carbonyl (C=O) groups is 1. The van der Waals surface area contributed by atoms with Crippen LogP contribution in [-0.2, 0) is 11.2 Å². The highest BCUT2D eigenvalue weighted by molar-refractivity contribution is 7.80. The summed E-state index contributed by atoms with van der Waals surface area (Å²) < 4.78 is 0. The van der Waals surface area contributed by atoms with E-state index in [0.29, 0.717) is 11.5 Å². The lowest BCUT2D eigenvalue weighted by atomic mass is 10.0. The van der Waals surface area contributed by atoms with Crippen molar-refractivity contribution in [3.05, 3.63) is 35.5 Å². The highest BCUT2D eigenvalue weighted by atomic mass is 32.1. The Morgan fingerprint density at radius 3 is 2.89 bits per heavy atom. The van der Waals surface area contributed by atoms with Gasteiger partial charge in [0, 0.05) is 30.6 Å². The number of hydrogen-bond donors (Lipinski definition) is 2. The van der Waals surface area contributed by atoms with E-state index in [0.717, 1.165) is 11.1 Å². The number of hydrogen-bond acceptors (Lipinski definition) is 2. The minimum atomic E-state index is -0.253. The standard InChI is InChI=1S/C14H15N3OS/c1-8-3-4-11-10(5-8)9(7-15-11)6-12-13(18)17(2)14(19)16-12/h3-5,7,12,15H,6H2,1-2H3,(H,16,19). The summed E-state index contributed by atoms with van der Waals surface area (Å²) in [5.41, 5.74) is 3.45. The number of aromatic nitrogens is 1. The van der Waals surface area contributed by atoms with Crippen LogP contribution >= 0.6 is 12.2 Å². The fourth-order valence-electron chi connectivity index (χ4n) is 2.46. The molecule has 19 heavy (non-hydrogen) atoms. The van der Waals surface area contributed by atoms with Crippen LogP contribution in [0, 0.1) is 6.92 Å². The SMILES string of the molecule is Cc1ccc2[nH]cc(CC3NC(=S)N(C)C3=O)c2c1. The average molecular weight is 273 g/mol. The van der Waals surface area contributed by atoms with Gasteiger partial charge < -0.3 is 10.3 Å². The lowest BCUT2D eigenvalue weighted by Gasteiger charge is -2.07. The molecule has 1 aliphatic rings. The number of rotatable bonds is 2. The molecular weight excluding hydrogens is 258 g/mol. The van der Waals surface area contributed by atoms with E-state index in [4.69, 9.17) is 12.2 Å². The molecule has 5 heteroatoms. The summed E-state index contributed by atoms with van der Waals surface area (Å²) in [6.07, 6.45) is 2.62. The van der Waals surface area contributed by atoms with Crippen LogP contribution in [0.4, 0.5) is 0 Å². The van der Waals surface area contributed by atoms with E-state index in [1.165, 1.54) is 15.8 Å². The summed E-state index contributed by atoms with van der Waals surface area (Å²) in [6, 6.07) is 6.03. The van der Waals surface area contributed by atoms with E-state index in [1.54, 1.807) is 7.05 Å². The van der Waals surface area contributed by atoms with Gasteiger partial charge in [-0.2, -0.15) is 0 Å². The maximum atomic E-state index is 12.0. The Morgan fingerprint density at radius 1 is 1.42 bits per heavy atom. The summed E-state index contributed by atoms with van der Waals surface area (Å²) in [4.78, 5) is 16.8. The van der Waals surface area contributed by atoms with Crippen molar-refractivity contribution in [3.63, 3.8) is 0 Å². The Balaban J connectivity index is 1.92. The van der Waals surface area contributed by atoms with E-state index in [1.807, 2.05) is 6.20 Å². The molecule has 1 aromatic heterocycles. The van der Waals surface area contributed by atoms with Gasteiger partial charge in [-0.3, -0.25) is 9.69 Å². The number of nitrogens with zero attached hydrogens (tertiary/aromatic N) is 1. The molecule has 2 heterocycles. The number of carbonyl (C=O) groups excluding carboxylic acids is 1. The molecule has 98 valence electrons. The van der Waals surface area contributed by atoms with Crippen molar-refractivity contribution in [3.8, 4) is 0 Å². The molecule has 1 aliphatic heterocycles. The van der Waals surface area contributed by atoms with E-state index >= 15 is 0 Å². The molecule has 0 bridgehead atoms. The van der Waals surface area contributed by atoms with Crippen LogP contribution < -0.4 is 5.32 Å². The van der Waals surface area contributed by atoms with E-state index in [2.05, 4.69) is 35.4 Å². The molecule has 0 aliphatic carbocycles. The largest absolute Gasteiger partial charge is 0.361 e. The van der Waals surface area contributed by atoms with Crippen molar-refractivity contribution in [1.82, 2.24) is 15.2 Å². The second kappa shape index (κ2) is 4.35. The predicted octanol–water partition coefficient (Wildman–Crippen LogP) is 1.73. The van der Waals surface area contributed by atoms with Gasteiger partial charge in [-0.15, -0.1) is 0 Å². The molecule has 1 unspecified atom stereocenters. The normalized spacial score (nSPS) is 19.3. The first kappa shape index (κ1) is 12.2. The Kier molecular flexibility index (Phi) is 2.78. The Hall–Kier alpha value is -1.88. The van der Waals surface area contributed by atoms with Crippen molar-refractivity contribution in [1.29, 1.82) is 0 Å². The minimum Gasteiger partial charge on any atom is -0.361 e. The van der Waals surface area contributed by atoms with Crippen molar-refractivity contribution in [2.24, 2.45) is 0 Å². The van der Waals surface area contributed by atoms with Crippen LogP contribution in [0.5, 0.6) is 0 Å². The number of amides is 1. The number of aromatic amines is 1. The van der Waals surface area contributed by atoms with Gasteiger partial charge in [0.15, 0.2) is 5.11 Å². The first-order valence-corrected chi connectivity index (χ1v) is 6.62. The van der Waals surface area contributed by atoms with Gasteiger partial charge in [0.2, 0.25) is 0 Å². The highest BCUT2D eigenvalue weighted by Crippen LogP contribution is 2.22. The number of H-pyrrole nitrogens is 1. The van der Waals surface area contributed by atoms with Gasteiger partial charge in [-0.05, 0) is 36.8 Å². The third-order valence-corrected chi connectivity index (χ3v) is 3.97. The number of thiocarbonyl (C=S) groups is 1. The zero-order valence-corrected chi connectivity index (χ0v) is 11.7. The lowest BCUT2D eigenvalue weighted by molar-refractivity contribution is -0.126. The molecule has 0 spiro atoms. The Morgan fingerprint density at radius 2 is 2.21 bits per heavy atom. The molecule has 1 amide bonds. The molecule has 4 nitrogen and oxygen atoms in total. The molecule has 1 saturated heterocycles. The minimum absolute atomic E-state index is 0.0343. The molecule has 0 saturated carbocycles. The van der Waals surface area contributed by atoms with Crippen LogP contribution in [0.3, 0.4) is 0 Å². The monoisotopic (exact) mass is 273 g/mol. The zero-order chi connectivity index (χ0) is 13.6. The van der Waals surface area contributed by atoms with Gasteiger partial charge >= 0.3 is 0 Å². The summed E-state index contributed by atoms with van der Waals surface area (Å²) in [5.74, 6) is 0.0343. The zero-order valence-electron chi connectivity index (χ0n) is 10.9. The first-order valence-electron chi connectivity index (χ1n) is 6.21. The second-order valence-electron chi connectivity index (χ2n) is 4.97. The molecule has 3 rings (SSSR count). The summed E-state index contributed by atoms with van der Waals surface area (Å²) in [7, 11) is 1.71. The molecule has 1 atom stereocenters. The van der Waals surface area contributed by atoms with Gasteiger partial charge in [0.05, 0.1) is 0 Å². The molecule has 2 N–H and O–H groups in total. The maximum absolute atomic E-state index is 12.0. The fraction of sp³-hybridized carbons (Fsp3) is 0.286. The average Bonchev–Trinajstić information content (AvgIpc) is 2.88. The first-order chi connectivity index (χ1) is 9.06. The van der Waals surface area contributed by atoms with Crippen LogP contribution in [0.1, 0.15) is 11.1 Å². The quantitative estimate of drug-likeness (QED) is 0.819. The number of aryl methyl sites for hydroxylation is 1. The van der Waals surface area contributed by atoms with Gasteiger partial charge in [-0.25, -0.2) is 0 Å². The van der Waals surface area contributed by atoms with Crippen LogP contribution in [-0.4, -0.2) is 34.0 Å². The van der Waals surface area contributed by atoms with Crippen LogP contribution in [0.15, 0.2) is 24.4 Å². The molecular formula is C14H15N3OS. The van der Waals surface area contributed by atoms with Gasteiger partial charge in [0.25, 0.3) is 5.91 Å². The Labute approximate surface area is 116 Å². The third-order valence-electron chi connectivity index (χ3n) is 3.58. The topological polar surface area (TPSA) is 48.1 Å². The maximum Gasteiger partial charge on any atom is 0.251 e.